The van der Waals surface area contributed by atoms with Gasteiger partial charge in [-0.3, -0.25) is 28.8 Å². The SMILES string of the molecule is CC(=O)OCC(=O)C1=CCC2C3CCC4=CC(=O)CC[C@]4(C)C3=CC[C@]12C.CC(=O)OCC(=O)[C@@]1(C)[C@H](C)CC2C3CCC4=CC(=O)CC[C@]4(C)C3=CC[C@@]21C. The summed E-state index contributed by atoms with van der Waals surface area (Å²) in [4.78, 5) is 72.2. The molecule has 56 heavy (non-hydrogen) atoms. The lowest BCUT2D eigenvalue weighted by molar-refractivity contribution is -0.153. The van der Waals surface area contributed by atoms with Crippen molar-refractivity contribution in [3.63, 3.8) is 0 Å². The van der Waals surface area contributed by atoms with Crippen LogP contribution in [0.3, 0.4) is 0 Å². The first-order valence-electron chi connectivity index (χ1n) is 21.2. The molecule has 0 aromatic heterocycles. The number of ether oxygens (including phenoxy) is 2. The van der Waals surface area contributed by atoms with Crippen LogP contribution in [0.15, 0.2) is 58.2 Å². The molecule has 0 radical (unpaired) electrons. The minimum atomic E-state index is -0.491. The number of hydrogen-bond donors (Lipinski definition) is 0. The number of fused-ring (bicyclic) bond motifs is 10. The molecule has 8 heteroatoms. The Labute approximate surface area is 333 Å². The largest absolute Gasteiger partial charge is 0.458 e. The van der Waals surface area contributed by atoms with Crippen molar-refractivity contribution in [2.24, 2.45) is 56.7 Å². The third-order valence-corrected chi connectivity index (χ3v) is 17.1. The summed E-state index contributed by atoms with van der Waals surface area (Å²) in [7, 11) is 0. The lowest BCUT2D eigenvalue weighted by Gasteiger charge is -2.55. The van der Waals surface area contributed by atoms with E-state index in [-0.39, 0.29) is 63.9 Å². The van der Waals surface area contributed by atoms with Crippen LogP contribution in [0.5, 0.6) is 0 Å². The van der Waals surface area contributed by atoms with Crippen molar-refractivity contribution >= 4 is 35.1 Å². The summed E-state index contributed by atoms with van der Waals surface area (Å²) >= 11 is 0. The van der Waals surface area contributed by atoms with Gasteiger partial charge in [0.05, 0.1) is 0 Å². The maximum absolute atomic E-state index is 13.3. The first-order chi connectivity index (χ1) is 26.3. The fourth-order valence-corrected chi connectivity index (χ4v) is 13.5. The zero-order valence-electron chi connectivity index (χ0n) is 34.9. The predicted molar refractivity (Wildman–Crippen MR) is 213 cm³/mol. The number of hydrogen-bond acceptors (Lipinski definition) is 8. The lowest BCUT2D eigenvalue weighted by atomic mass is 9.48. The summed E-state index contributed by atoms with van der Waals surface area (Å²) < 4.78 is 10.1. The summed E-state index contributed by atoms with van der Waals surface area (Å²) in [6.07, 6.45) is 21.6. The third kappa shape index (κ3) is 6.22. The third-order valence-electron chi connectivity index (χ3n) is 17.1. The van der Waals surface area contributed by atoms with Gasteiger partial charge in [-0.15, -0.1) is 0 Å². The number of allylic oxidation sites excluding steroid dienone is 9. The fourth-order valence-electron chi connectivity index (χ4n) is 13.5. The molecule has 8 nitrogen and oxygen atoms in total. The van der Waals surface area contributed by atoms with Gasteiger partial charge in [0.1, 0.15) is 0 Å². The Balaban J connectivity index is 0.000000172. The first kappa shape index (κ1) is 40.5. The van der Waals surface area contributed by atoms with Gasteiger partial charge in [-0.2, -0.15) is 0 Å². The van der Waals surface area contributed by atoms with E-state index >= 15 is 0 Å². The van der Waals surface area contributed by atoms with E-state index in [4.69, 9.17) is 9.47 Å². The van der Waals surface area contributed by atoms with Crippen LogP contribution in [0.4, 0.5) is 0 Å². The van der Waals surface area contributed by atoms with Gasteiger partial charge in [-0.1, -0.05) is 82.1 Å². The zero-order valence-corrected chi connectivity index (χ0v) is 34.9. The Bertz CT molecular complexity index is 1920. The molecule has 0 spiro atoms. The summed E-state index contributed by atoms with van der Waals surface area (Å²) in [6.45, 7) is 15.9. The van der Waals surface area contributed by atoms with Crippen LogP contribution in [0.2, 0.25) is 0 Å². The molecule has 0 heterocycles. The number of esters is 2. The number of carbonyl (C=O) groups excluding carboxylic acids is 6. The Morgan fingerprint density at radius 2 is 1.21 bits per heavy atom. The van der Waals surface area contributed by atoms with Gasteiger partial charge in [0.2, 0.25) is 0 Å². The Hall–Kier alpha value is -3.68. The molecule has 8 aliphatic carbocycles. The van der Waals surface area contributed by atoms with Gasteiger partial charge in [0.25, 0.3) is 0 Å². The van der Waals surface area contributed by atoms with Crippen LogP contribution >= 0.6 is 0 Å². The molecule has 0 N–H and O–H groups in total. The van der Waals surface area contributed by atoms with E-state index in [1.54, 1.807) is 0 Å². The lowest BCUT2D eigenvalue weighted by Crippen LogP contribution is -2.51. The topological polar surface area (TPSA) is 121 Å². The quantitative estimate of drug-likeness (QED) is 0.194. The molecular weight excluding hydrogens is 705 g/mol. The van der Waals surface area contributed by atoms with Crippen molar-refractivity contribution < 1.29 is 38.2 Å². The smallest absolute Gasteiger partial charge is 0.303 e. The van der Waals surface area contributed by atoms with E-state index in [0.29, 0.717) is 36.5 Å². The Kier molecular flexibility index (Phi) is 10.3. The molecule has 0 saturated heterocycles. The van der Waals surface area contributed by atoms with Crippen molar-refractivity contribution in [3.8, 4) is 0 Å². The van der Waals surface area contributed by atoms with Gasteiger partial charge in [0, 0.05) is 53.9 Å². The highest BCUT2D eigenvalue weighted by Crippen LogP contribution is 2.70. The van der Waals surface area contributed by atoms with Crippen molar-refractivity contribution in [2.75, 3.05) is 13.2 Å². The molecule has 10 atom stereocenters. The molecule has 3 saturated carbocycles. The van der Waals surface area contributed by atoms with Crippen molar-refractivity contribution in [1.82, 2.24) is 0 Å². The predicted octanol–water partition coefficient (Wildman–Crippen LogP) is 8.93. The molecular formula is C48H62O8. The normalized spacial score (nSPS) is 40.5. The van der Waals surface area contributed by atoms with Crippen LogP contribution in [0.25, 0.3) is 0 Å². The van der Waals surface area contributed by atoms with Gasteiger partial charge in [-0.05, 0) is 111 Å². The maximum atomic E-state index is 13.3. The average molecular weight is 767 g/mol. The van der Waals surface area contributed by atoms with Gasteiger partial charge in [0.15, 0.2) is 36.3 Å². The van der Waals surface area contributed by atoms with Crippen molar-refractivity contribution in [2.45, 2.75) is 132 Å². The van der Waals surface area contributed by atoms with Crippen LogP contribution in [0, 0.1) is 56.7 Å². The fraction of sp³-hybridized carbons (Fsp3) is 0.667. The monoisotopic (exact) mass is 766 g/mol. The minimum Gasteiger partial charge on any atom is -0.458 e. The van der Waals surface area contributed by atoms with Crippen LogP contribution < -0.4 is 0 Å². The summed E-state index contributed by atoms with van der Waals surface area (Å²) in [5.74, 6) is 1.82. The molecule has 8 aliphatic rings. The number of rotatable bonds is 6. The standard InChI is InChI=1S/C25H34O4.C23H28O4/c1-15-12-21-19-7-6-17-13-18(27)8-10-23(17,3)20(19)9-11-24(21,4)25(15,5)22(28)14-29-16(2)26;1-14(24)27-13-21(26)20-7-6-18-17-5-4-15-12-16(25)8-10-22(15,2)19(17)9-11-23(18,20)3/h9,13,15,19,21H,6-8,10-12,14H2,1-5H3;7,9,12,17-18H,4-6,8,10-11,13H2,1-3H3/t15-,19?,21?,23+,24+,25-;17?,18?,22-,23-/m10/s1. The van der Waals surface area contributed by atoms with Crippen molar-refractivity contribution in [1.29, 1.82) is 0 Å². The molecule has 4 unspecified atom stereocenters. The van der Waals surface area contributed by atoms with Crippen LogP contribution in [0.1, 0.15) is 132 Å². The minimum absolute atomic E-state index is 0.0160. The van der Waals surface area contributed by atoms with Gasteiger partial charge in [-0.25, -0.2) is 0 Å². The van der Waals surface area contributed by atoms with E-state index in [1.165, 1.54) is 36.1 Å². The summed E-state index contributed by atoms with van der Waals surface area (Å²) in [5.41, 5.74) is 5.73. The van der Waals surface area contributed by atoms with E-state index in [1.807, 2.05) is 12.2 Å². The van der Waals surface area contributed by atoms with E-state index < -0.39 is 17.4 Å². The molecule has 0 amide bonds. The molecule has 8 rings (SSSR count). The number of Topliss-reactive ketones (excluding diaryl/α,β-unsaturated/α-hetero) is 2. The van der Waals surface area contributed by atoms with E-state index in [0.717, 1.165) is 69.8 Å². The molecule has 0 aromatic rings. The van der Waals surface area contributed by atoms with Gasteiger partial charge < -0.3 is 9.47 Å². The van der Waals surface area contributed by atoms with Gasteiger partial charge >= 0.3 is 11.9 Å². The van der Waals surface area contributed by atoms with Crippen LogP contribution in [-0.2, 0) is 38.2 Å². The molecule has 3 fully saturated rings. The average Bonchev–Trinajstić information content (AvgIpc) is 3.61. The molecule has 0 aliphatic heterocycles. The molecule has 302 valence electrons. The van der Waals surface area contributed by atoms with Crippen LogP contribution in [-0.4, -0.2) is 48.3 Å². The first-order valence-corrected chi connectivity index (χ1v) is 21.2. The maximum Gasteiger partial charge on any atom is 0.303 e. The number of ketones is 4. The van der Waals surface area contributed by atoms with E-state index in [2.05, 4.69) is 59.8 Å². The Morgan fingerprint density at radius 3 is 1.77 bits per heavy atom. The number of carbonyl (C=O) groups is 6. The molecule has 0 bridgehead atoms. The second-order valence-electron chi connectivity index (χ2n) is 19.6. The highest BCUT2D eigenvalue weighted by Gasteiger charge is 2.65. The Morgan fingerprint density at radius 1 is 0.696 bits per heavy atom. The van der Waals surface area contributed by atoms with E-state index in [9.17, 15) is 28.8 Å². The molecule has 0 aromatic carbocycles. The van der Waals surface area contributed by atoms with Crippen molar-refractivity contribution in [3.05, 3.63) is 58.2 Å². The summed E-state index contributed by atoms with van der Waals surface area (Å²) in [5, 5.41) is 0. The highest BCUT2D eigenvalue weighted by atomic mass is 16.5. The highest BCUT2D eigenvalue weighted by molar-refractivity contribution is 5.99. The summed E-state index contributed by atoms with van der Waals surface area (Å²) in [6, 6.07) is 0. The second kappa shape index (κ2) is 14.3. The second-order valence-corrected chi connectivity index (χ2v) is 19.6. The zero-order chi connectivity index (χ0) is 40.6.